The Balaban J connectivity index is 1.12. The van der Waals surface area contributed by atoms with E-state index in [1.165, 1.54) is 64.8 Å². The van der Waals surface area contributed by atoms with Gasteiger partial charge in [0.05, 0.1) is 45.7 Å². The molecule has 0 spiro atoms. The summed E-state index contributed by atoms with van der Waals surface area (Å²) in [4.78, 5) is 61.3. The first-order valence-corrected chi connectivity index (χ1v) is 16.6. The van der Waals surface area contributed by atoms with Gasteiger partial charge in [0, 0.05) is 31.8 Å². The number of carboxylic acid groups (broad SMARTS) is 1. The minimum atomic E-state index is -4.39. The fraction of sp³-hybridized carbons (Fsp3) is 0.258. The number of rotatable bonds is 10. The molecular formula is C31H29F2N9O7S. The minimum absolute atomic E-state index is 0.150. The van der Waals surface area contributed by atoms with Crippen molar-refractivity contribution < 1.29 is 41.5 Å². The number of benzene rings is 2. The van der Waals surface area contributed by atoms with Crippen molar-refractivity contribution in [3.63, 3.8) is 0 Å². The van der Waals surface area contributed by atoms with Gasteiger partial charge in [0.1, 0.15) is 30.3 Å². The van der Waals surface area contributed by atoms with E-state index in [9.17, 15) is 32.7 Å². The highest BCUT2D eigenvalue weighted by Crippen LogP contribution is 2.30. The predicted octanol–water partition coefficient (Wildman–Crippen LogP) is 1.54. The first-order valence-electron chi connectivity index (χ1n) is 15.1. The molecule has 19 heteroatoms. The quantitative estimate of drug-likeness (QED) is 0.186. The van der Waals surface area contributed by atoms with Crippen molar-refractivity contribution in [3.05, 3.63) is 90.3 Å². The number of nitrogens with zero attached hydrogens (tertiary/aromatic N) is 6. The van der Waals surface area contributed by atoms with E-state index in [0.29, 0.717) is 37.3 Å². The Labute approximate surface area is 283 Å². The van der Waals surface area contributed by atoms with Crippen LogP contribution in [-0.2, 0) is 26.0 Å². The van der Waals surface area contributed by atoms with E-state index >= 15 is 8.78 Å². The average Bonchev–Trinajstić information content (AvgIpc) is 3.64. The summed E-state index contributed by atoms with van der Waals surface area (Å²) in [6.45, 7) is 1.12. The van der Waals surface area contributed by atoms with Crippen LogP contribution >= 0.6 is 0 Å². The number of anilines is 2. The molecule has 2 aromatic heterocycles. The van der Waals surface area contributed by atoms with Gasteiger partial charge in [-0.2, -0.15) is 5.10 Å². The average molecular weight is 710 g/mol. The number of nitrogens with one attached hydrogen (secondary N) is 3. The molecule has 6 rings (SSSR count). The summed E-state index contributed by atoms with van der Waals surface area (Å²) in [5.74, 6) is -6.18. The molecule has 2 fully saturated rings. The number of aliphatic carboxylic acids is 1. The number of piperidine rings is 1. The van der Waals surface area contributed by atoms with Gasteiger partial charge < -0.3 is 20.6 Å². The summed E-state index contributed by atoms with van der Waals surface area (Å²) in [5, 5.41) is 19.0. The lowest BCUT2D eigenvalue weighted by molar-refractivity contribution is -0.139. The van der Waals surface area contributed by atoms with Gasteiger partial charge in [-0.3, -0.25) is 19.3 Å². The van der Waals surface area contributed by atoms with Crippen LogP contribution in [0.1, 0.15) is 22.5 Å². The van der Waals surface area contributed by atoms with Crippen LogP contribution in [0, 0.1) is 17.6 Å². The number of hydrogen-bond acceptors (Lipinski definition) is 10. The summed E-state index contributed by atoms with van der Waals surface area (Å²) in [7, 11) is -2.78. The van der Waals surface area contributed by atoms with Gasteiger partial charge in [0.2, 0.25) is 5.91 Å². The van der Waals surface area contributed by atoms with Crippen LogP contribution < -0.4 is 20.3 Å². The van der Waals surface area contributed by atoms with Crippen molar-refractivity contribution in [2.75, 3.05) is 29.8 Å². The largest absolute Gasteiger partial charge is 0.480 e. The Morgan fingerprint density at radius 1 is 1.08 bits per heavy atom. The molecule has 0 bridgehead atoms. The smallest absolute Gasteiger partial charge is 0.331 e. The Bertz CT molecular complexity index is 2060. The number of carbonyl (C=O) groups excluding carboxylic acids is 3. The fourth-order valence-corrected chi connectivity index (χ4v) is 6.83. The number of hydrogen-bond donors (Lipinski definition) is 4. The van der Waals surface area contributed by atoms with Gasteiger partial charge in [-0.1, -0.05) is 0 Å². The number of carboxylic acids is 1. The third-order valence-electron chi connectivity index (χ3n) is 8.44. The summed E-state index contributed by atoms with van der Waals surface area (Å²) in [6.07, 6.45) is 4.08. The number of imide groups is 1. The highest BCUT2D eigenvalue weighted by Gasteiger charge is 2.46. The van der Waals surface area contributed by atoms with Gasteiger partial charge in [0.25, 0.3) is 15.9 Å². The molecule has 0 radical (unpaired) electrons. The molecule has 2 aliphatic rings. The number of halogens is 2. The van der Waals surface area contributed by atoms with Crippen LogP contribution in [0.5, 0.6) is 0 Å². The minimum Gasteiger partial charge on any atom is -0.480 e. The van der Waals surface area contributed by atoms with E-state index in [1.54, 1.807) is 7.05 Å². The Morgan fingerprint density at radius 3 is 2.48 bits per heavy atom. The molecule has 260 valence electrons. The van der Waals surface area contributed by atoms with E-state index < -0.39 is 69.2 Å². The number of likely N-dealkylation sites (N-methyl/N-ethyl adjacent to an activating group) is 1. The maximum absolute atomic E-state index is 15.1. The fourth-order valence-electron chi connectivity index (χ4n) is 5.77. The number of urea groups is 1. The highest BCUT2D eigenvalue weighted by atomic mass is 32.2. The number of aromatic nitrogens is 4. The first kappa shape index (κ1) is 34.1. The number of fused-ring (bicyclic) bond motifs is 1. The maximum atomic E-state index is 15.1. The first-order chi connectivity index (χ1) is 23.8. The van der Waals surface area contributed by atoms with Crippen molar-refractivity contribution in [2.45, 2.75) is 29.8 Å². The van der Waals surface area contributed by atoms with E-state index in [4.69, 9.17) is 0 Å². The lowest BCUT2D eigenvalue weighted by Gasteiger charge is -2.45. The molecule has 4 N–H and O–H groups in total. The third-order valence-corrected chi connectivity index (χ3v) is 9.82. The van der Waals surface area contributed by atoms with Crippen molar-refractivity contribution in [2.24, 2.45) is 5.92 Å². The Kier molecular flexibility index (Phi) is 9.26. The van der Waals surface area contributed by atoms with E-state index in [1.807, 2.05) is 4.72 Å². The number of pyridine rings is 1. The second-order valence-corrected chi connectivity index (χ2v) is 13.2. The molecule has 2 unspecified atom stereocenters. The van der Waals surface area contributed by atoms with Crippen molar-refractivity contribution in [3.8, 4) is 5.69 Å². The van der Waals surface area contributed by atoms with Crippen molar-refractivity contribution >= 4 is 45.2 Å². The third kappa shape index (κ3) is 6.72. The highest BCUT2D eigenvalue weighted by molar-refractivity contribution is 7.92. The molecule has 4 heterocycles. The lowest BCUT2D eigenvalue weighted by atomic mass is 9.88. The van der Waals surface area contributed by atoms with Crippen LogP contribution in [0.2, 0.25) is 0 Å². The van der Waals surface area contributed by atoms with Crippen LogP contribution in [0.4, 0.5) is 25.0 Å². The zero-order valence-electron chi connectivity index (χ0n) is 26.2. The second kappa shape index (κ2) is 13.6. The molecular weight excluding hydrogens is 680 g/mol. The second-order valence-electron chi connectivity index (χ2n) is 11.6. The molecule has 2 aromatic carbocycles. The van der Waals surface area contributed by atoms with Gasteiger partial charge in [0.15, 0.2) is 0 Å². The van der Waals surface area contributed by atoms with Gasteiger partial charge in [-0.05, 0) is 55.4 Å². The summed E-state index contributed by atoms with van der Waals surface area (Å²) in [5.41, 5.74) is -0.835. The zero-order valence-corrected chi connectivity index (χ0v) is 27.0. The Morgan fingerprint density at radius 2 is 1.82 bits per heavy atom. The molecule has 3 atom stereocenters. The summed E-state index contributed by atoms with van der Waals surface area (Å²) >= 11 is 0. The van der Waals surface area contributed by atoms with Gasteiger partial charge >= 0.3 is 12.0 Å². The van der Waals surface area contributed by atoms with E-state index in [2.05, 4.69) is 25.7 Å². The molecule has 50 heavy (non-hydrogen) atoms. The number of amides is 4. The zero-order chi connectivity index (χ0) is 35.7. The van der Waals surface area contributed by atoms with E-state index in [-0.39, 0.29) is 28.2 Å². The topological polar surface area (TPSA) is 209 Å². The molecule has 4 aromatic rings. The molecule has 2 aliphatic heterocycles. The monoisotopic (exact) mass is 709 g/mol. The standard InChI is InChI=1S/C31H29F2N9O7S/c1-40-27-14-34-9-8-21(27)29(44)42(31(40)47)19-3-2-17(36-13-19)10-26(30(45)46)38-28(43)22-11-24(33)25(12-23(22)32)39-50(48,49)20-6-4-18(5-7-20)41-16-35-15-37-41/h2-7,11-13,15-16,21,26-27,34,39H,8-10,14H2,1H3,(H,38,43)(H,45,46)/t21?,26-,27?/m0/s1. The molecule has 2 saturated heterocycles. The lowest BCUT2D eigenvalue weighted by Crippen LogP contribution is -2.65. The van der Waals surface area contributed by atoms with Gasteiger partial charge in [-0.15, -0.1) is 0 Å². The Hall–Kier alpha value is -5.82. The number of sulfonamides is 1. The predicted molar refractivity (Wildman–Crippen MR) is 171 cm³/mol. The van der Waals surface area contributed by atoms with Crippen LogP contribution in [0.15, 0.2) is 72.3 Å². The molecule has 0 saturated carbocycles. The van der Waals surface area contributed by atoms with Crippen molar-refractivity contribution in [1.29, 1.82) is 0 Å². The number of carbonyl (C=O) groups is 4. The van der Waals surface area contributed by atoms with Crippen LogP contribution in [-0.4, -0.2) is 94.2 Å². The maximum Gasteiger partial charge on any atom is 0.331 e. The van der Waals surface area contributed by atoms with Crippen molar-refractivity contribution in [1.82, 2.24) is 35.3 Å². The van der Waals surface area contributed by atoms with Crippen LogP contribution in [0.3, 0.4) is 0 Å². The summed E-state index contributed by atoms with van der Waals surface area (Å²) in [6, 6.07) is 6.55. The molecule has 16 nitrogen and oxygen atoms in total. The molecule has 4 amide bonds. The van der Waals surface area contributed by atoms with Crippen LogP contribution in [0.25, 0.3) is 5.69 Å². The van der Waals surface area contributed by atoms with E-state index in [0.717, 1.165) is 4.90 Å². The van der Waals surface area contributed by atoms with Gasteiger partial charge in [-0.25, -0.2) is 41.4 Å². The molecule has 0 aliphatic carbocycles. The summed E-state index contributed by atoms with van der Waals surface area (Å²) < 4.78 is 59.1. The SMILES string of the molecule is CN1C(=O)N(c2ccc(C[C@H](NC(=O)c3cc(F)c(NS(=O)(=O)c4ccc(-n5cncn5)cc4)cc3F)C(=O)O)nc2)C(=O)C2CCNCC21. The normalized spacial score (nSPS) is 18.4.